The molecule has 0 spiro atoms. The molecule has 0 aliphatic carbocycles. The lowest BCUT2D eigenvalue weighted by Gasteiger charge is -2.13. The van der Waals surface area contributed by atoms with Crippen LogP contribution in [0.15, 0.2) is 47.5 Å². The van der Waals surface area contributed by atoms with Crippen LogP contribution in [0.1, 0.15) is 11.6 Å². The highest BCUT2D eigenvalue weighted by Crippen LogP contribution is 2.25. The van der Waals surface area contributed by atoms with E-state index in [-0.39, 0.29) is 6.04 Å². The molecule has 16 heavy (non-hydrogen) atoms. The Balaban J connectivity index is 2.10. The Bertz CT molecular complexity index is 555. The van der Waals surface area contributed by atoms with Crippen molar-refractivity contribution in [2.75, 3.05) is 6.54 Å². The SMILES string of the molecule is NC1=NCC(c2cccc3ccccc23)N1. The van der Waals surface area contributed by atoms with E-state index < -0.39 is 0 Å². The van der Waals surface area contributed by atoms with Gasteiger partial charge in [-0.25, -0.2) is 0 Å². The van der Waals surface area contributed by atoms with Crippen molar-refractivity contribution < 1.29 is 0 Å². The summed E-state index contributed by atoms with van der Waals surface area (Å²) in [6.45, 7) is 0.722. The first kappa shape index (κ1) is 9.21. The Morgan fingerprint density at radius 3 is 2.75 bits per heavy atom. The second-order valence-corrected chi connectivity index (χ2v) is 3.99. The number of benzene rings is 2. The third kappa shape index (κ3) is 1.41. The van der Waals surface area contributed by atoms with Gasteiger partial charge in [0.05, 0.1) is 12.6 Å². The van der Waals surface area contributed by atoms with Gasteiger partial charge in [0.25, 0.3) is 0 Å². The third-order valence-corrected chi connectivity index (χ3v) is 2.97. The van der Waals surface area contributed by atoms with Crippen LogP contribution in [0.25, 0.3) is 10.8 Å². The maximum atomic E-state index is 5.65. The van der Waals surface area contributed by atoms with Crippen molar-refractivity contribution in [1.82, 2.24) is 5.32 Å². The average Bonchev–Trinajstić information content (AvgIpc) is 2.75. The molecule has 3 heteroatoms. The van der Waals surface area contributed by atoms with Gasteiger partial charge in [0, 0.05) is 0 Å². The summed E-state index contributed by atoms with van der Waals surface area (Å²) in [5.41, 5.74) is 6.91. The summed E-state index contributed by atoms with van der Waals surface area (Å²) < 4.78 is 0. The van der Waals surface area contributed by atoms with E-state index in [1.54, 1.807) is 0 Å². The Kier molecular flexibility index (Phi) is 2.03. The summed E-state index contributed by atoms with van der Waals surface area (Å²) in [6, 6.07) is 14.9. The van der Waals surface area contributed by atoms with Crippen LogP contribution in [0.2, 0.25) is 0 Å². The topological polar surface area (TPSA) is 50.4 Å². The van der Waals surface area contributed by atoms with Crippen molar-refractivity contribution in [3.05, 3.63) is 48.0 Å². The van der Waals surface area contributed by atoms with Gasteiger partial charge in [-0.1, -0.05) is 42.5 Å². The van der Waals surface area contributed by atoms with Crippen LogP contribution in [-0.4, -0.2) is 12.5 Å². The molecule has 0 amide bonds. The number of nitrogens with two attached hydrogens (primary N) is 1. The summed E-state index contributed by atoms with van der Waals surface area (Å²) in [5, 5.41) is 5.72. The van der Waals surface area contributed by atoms with E-state index in [1.807, 2.05) is 0 Å². The van der Waals surface area contributed by atoms with E-state index in [9.17, 15) is 0 Å². The monoisotopic (exact) mass is 211 g/mol. The minimum absolute atomic E-state index is 0.214. The molecule has 1 aliphatic heterocycles. The smallest absolute Gasteiger partial charge is 0.189 e. The lowest BCUT2D eigenvalue weighted by atomic mass is 9.99. The largest absolute Gasteiger partial charge is 0.370 e. The van der Waals surface area contributed by atoms with Gasteiger partial charge in [0.2, 0.25) is 0 Å². The zero-order chi connectivity index (χ0) is 11.0. The second-order valence-electron chi connectivity index (χ2n) is 3.99. The molecule has 3 nitrogen and oxygen atoms in total. The van der Waals surface area contributed by atoms with Gasteiger partial charge in [-0.3, -0.25) is 4.99 Å². The van der Waals surface area contributed by atoms with E-state index in [4.69, 9.17) is 5.73 Å². The number of aliphatic imine (C=N–C) groups is 1. The Morgan fingerprint density at radius 1 is 1.12 bits per heavy atom. The van der Waals surface area contributed by atoms with Crippen LogP contribution in [0, 0.1) is 0 Å². The van der Waals surface area contributed by atoms with Gasteiger partial charge in [-0.15, -0.1) is 0 Å². The van der Waals surface area contributed by atoms with Crippen LogP contribution < -0.4 is 11.1 Å². The van der Waals surface area contributed by atoms with Crippen LogP contribution in [-0.2, 0) is 0 Å². The van der Waals surface area contributed by atoms with Crippen LogP contribution in [0.5, 0.6) is 0 Å². The zero-order valence-electron chi connectivity index (χ0n) is 8.85. The molecule has 0 bridgehead atoms. The number of nitrogens with one attached hydrogen (secondary N) is 1. The van der Waals surface area contributed by atoms with Crippen molar-refractivity contribution in [2.24, 2.45) is 10.7 Å². The Hall–Kier alpha value is -2.03. The number of fused-ring (bicyclic) bond motifs is 1. The first-order chi connectivity index (χ1) is 7.84. The van der Waals surface area contributed by atoms with Crippen LogP contribution in [0.3, 0.4) is 0 Å². The highest BCUT2D eigenvalue weighted by atomic mass is 15.2. The number of guanidine groups is 1. The first-order valence-electron chi connectivity index (χ1n) is 5.39. The van der Waals surface area contributed by atoms with Crippen LogP contribution in [0.4, 0.5) is 0 Å². The lowest BCUT2D eigenvalue weighted by Crippen LogP contribution is -2.29. The molecule has 0 saturated heterocycles. The van der Waals surface area contributed by atoms with Gasteiger partial charge in [-0.05, 0) is 16.3 Å². The molecule has 1 unspecified atom stereocenters. The van der Waals surface area contributed by atoms with Crippen LogP contribution >= 0.6 is 0 Å². The summed E-state index contributed by atoms with van der Waals surface area (Å²) >= 11 is 0. The predicted molar refractivity (Wildman–Crippen MR) is 66.3 cm³/mol. The molecule has 0 saturated carbocycles. The fourth-order valence-electron chi connectivity index (χ4n) is 2.19. The summed E-state index contributed by atoms with van der Waals surface area (Å²) in [5.74, 6) is 0.540. The van der Waals surface area contributed by atoms with E-state index in [0.29, 0.717) is 5.96 Å². The quantitative estimate of drug-likeness (QED) is 0.755. The van der Waals surface area contributed by atoms with Crippen molar-refractivity contribution in [1.29, 1.82) is 0 Å². The van der Waals surface area contributed by atoms with Gasteiger partial charge < -0.3 is 11.1 Å². The number of hydrogen-bond donors (Lipinski definition) is 2. The van der Waals surface area contributed by atoms with E-state index in [0.717, 1.165) is 6.54 Å². The molecule has 0 fully saturated rings. The molecule has 3 rings (SSSR count). The molecular weight excluding hydrogens is 198 g/mol. The number of hydrogen-bond acceptors (Lipinski definition) is 3. The predicted octanol–water partition coefficient (Wildman–Crippen LogP) is 1.80. The van der Waals surface area contributed by atoms with Crippen molar-refractivity contribution >= 4 is 16.7 Å². The standard InChI is InChI=1S/C13H13N3/c14-13-15-8-12(16-13)11-7-3-5-9-4-1-2-6-10(9)11/h1-7,12H,8H2,(H3,14,15,16). The van der Waals surface area contributed by atoms with Gasteiger partial charge in [-0.2, -0.15) is 0 Å². The maximum Gasteiger partial charge on any atom is 0.189 e. The molecule has 0 aromatic heterocycles. The maximum absolute atomic E-state index is 5.65. The molecule has 80 valence electrons. The molecular formula is C13H13N3. The molecule has 2 aromatic carbocycles. The molecule has 0 radical (unpaired) electrons. The molecule has 1 atom stereocenters. The normalized spacial score (nSPS) is 19.5. The van der Waals surface area contributed by atoms with E-state index in [2.05, 4.69) is 52.8 Å². The average molecular weight is 211 g/mol. The van der Waals surface area contributed by atoms with E-state index in [1.165, 1.54) is 16.3 Å². The minimum Gasteiger partial charge on any atom is -0.370 e. The number of nitrogens with zero attached hydrogens (tertiary/aromatic N) is 1. The van der Waals surface area contributed by atoms with Crippen molar-refractivity contribution in [2.45, 2.75) is 6.04 Å². The van der Waals surface area contributed by atoms with E-state index >= 15 is 0 Å². The lowest BCUT2D eigenvalue weighted by molar-refractivity contribution is 0.713. The summed E-state index contributed by atoms with van der Waals surface area (Å²) in [7, 11) is 0. The van der Waals surface area contributed by atoms with Gasteiger partial charge >= 0.3 is 0 Å². The molecule has 3 N–H and O–H groups in total. The Labute approximate surface area is 94.0 Å². The summed E-state index contributed by atoms with van der Waals surface area (Å²) in [4.78, 5) is 4.18. The molecule has 1 aliphatic rings. The fourth-order valence-corrected chi connectivity index (χ4v) is 2.19. The van der Waals surface area contributed by atoms with Gasteiger partial charge in [0.1, 0.15) is 0 Å². The third-order valence-electron chi connectivity index (χ3n) is 2.97. The molecule has 2 aromatic rings. The second kappa shape index (κ2) is 3.52. The number of rotatable bonds is 1. The summed E-state index contributed by atoms with van der Waals surface area (Å²) in [6.07, 6.45) is 0. The van der Waals surface area contributed by atoms with Crippen molar-refractivity contribution in [3.63, 3.8) is 0 Å². The first-order valence-corrected chi connectivity index (χ1v) is 5.39. The Morgan fingerprint density at radius 2 is 1.94 bits per heavy atom. The molecule has 1 heterocycles. The highest BCUT2D eigenvalue weighted by Gasteiger charge is 2.18. The minimum atomic E-state index is 0.214. The van der Waals surface area contributed by atoms with Gasteiger partial charge in [0.15, 0.2) is 5.96 Å². The zero-order valence-corrected chi connectivity index (χ0v) is 8.85. The fraction of sp³-hybridized carbons (Fsp3) is 0.154. The highest BCUT2D eigenvalue weighted by molar-refractivity contribution is 5.87. The van der Waals surface area contributed by atoms with Crippen molar-refractivity contribution in [3.8, 4) is 0 Å².